The maximum absolute atomic E-state index is 12.5. The number of carbonyl (C=O) groups is 2. The molecule has 1 amide bonds. The highest BCUT2D eigenvalue weighted by Crippen LogP contribution is 2.28. The minimum atomic E-state index is -0.382. The van der Waals surface area contributed by atoms with Crippen molar-refractivity contribution in [2.24, 2.45) is 5.92 Å². The fourth-order valence-corrected chi connectivity index (χ4v) is 3.00. The van der Waals surface area contributed by atoms with E-state index >= 15 is 0 Å². The number of carbonyl (C=O) groups excluding carboxylic acids is 2. The van der Waals surface area contributed by atoms with Gasteiger partial charge in [-0.05, 0) is 18.2 Å². The number of rotatable bonds is 2. The lowest BCUT2D eigenvalue weighted by molar-refractivity contribution is -0.124. The number of ketones is 1. The van der Waals surface area contributed by atoms with Crippen LogP contribution in [-0.2, 0) is 11.2 Å². The zero-order valence-electron chi connectivity index (χ0n) is 12.3. The van der Waals surface area contributed by atoms with Crippen molar-refractivity contribution in [3.05, 3.63) is 46.5 Å². The monoisotopic (exact) mass is 328 g/mol. The molecule has 0 aliphatic heterocycles. The van der Waals surface area contributed by atoms with Gasteiger partial charge < -0.3 is 5.32 Å². The van der Waals surface area contributed by atoms with E-state index in [4.69, 9.17) is 16.9 Å². The average Bonchev–Trinajstić information content (AvgIpc) is 2.98. The fourth-order valence-electron chi connectivity index (χ4n) is 2.79. The first-order valence-corrected chi connectivity index (χ1v) is 7.44. The number of nitrogens with one attached hydrogen (secondary N) is 1. The van der Waals surface area contributed by atoms with E-state index < -0.39 is 0 Å². The van der Waals surface area contributed by atoms with E-state index in [0.29, 0.717) is 34.1 Å². The van der Waals surface area contributed by atoms with Crippen molar-refractivity contribution >= 4 is 23.3 Å². The quantitative estimate of drug-likeness (QED) is 0.911. The summed E-state index contributed by atoms with van der Waals surface area (Å²) in [6.07, 6.45) is 2.13. The maximum Gasteiger partial charge on any atom is 0.223 e. The van der Waals surface area contributed by atoms with Crippen LogP contribution < -0.4 is 5.32 Å². The van der Waals surface area contributed by atoms with Crippen LogP contribution in [0.1, 0.15) is 28.2 Å². The zero-order chi connectivity index (χ0) is 16.6. The van der Waals surface area contributed by atoms with Crippen LogP contribution in [0.4, 0.5) is 0 Å². The summed E-state index contributed by atoms with van der Waals surface area (Å²) in [7, 11) is 1.56. The molecule has 0 fully saturated rings. The third-order valence-corrected chi connectivity index (χ3v) is 4.26. The Labute approximate surface area is 137 Å². The molecule has 1 atom stereocenters. The van der Waals surface area contributed by atoms with Gasteiger partial charge in [0.05, 0.1) is 22.2 Å². The summed E-state index contributed by atoms with van der Waals surface area (Å²) in [4.78, 5) is 28.5. The van der Waals surface area contributed by atoms with Gasteiger partial charge in [-0.2, -0.15) is 5.26 Å². The number of nitriles is 1. The van der Waals surface area contributed by atoms with Crippen LogP contribution in [0.5, 0.6) is 0 Å². The molecule has 0 radical (unpaired) electrons. The fraction of sp³-hybridized carbons (Fsp3) is 0.250. The Hall–Kier alpha value is -2.65. The number of hydrogen-bond donors (Lipinski definition) is 1. The Morgan fingerprint density at radius 2 is 2.26 bits per heavy atom. The number of halogens is 1. The molecule has 7 heteroatoms. The van der Waals surface area contributed by atoms with E-state index in [1.165, 1.54) is 0 Å². The number of hydrogen-bond acceptors (Lipinski definition) is 4. The van der Waals surface area contributed by atoms with Gasteiger partial charge in [-0.3, -0.25) is 14.2 Å². The van der Waals surface area contributed by atoms with Crippen molar-refractivity contribution in [1.29, 1.82) is 5.26 Å². The van der Waals surface area contributed by atoms with Gasteiger partial charge in [0, 0.05) is 25.6 Å². The number of Topliss-reactive ketones (excluding diaryl/α,β-unsaturated/α-hetero) is 1. The van der Waals surface area contributed by atoms with Crippen molar-refractivity contribution in [2.75, 3.05) is 7.05 Å². The summed E-state index contributed by atoms with van der Waals surface area (Å²) in [5.74, 6) is -0.661. The predicted molar refractivity (Wildman–Crippen MR) is 83.5 cm³/mol. The van der Waals surface area contributed by atoms with Crippen LogP contribution in [0, 0.1) is 17.2 Å². The van der Waals surface area contributed by atoms with Crippen molar-refractivity contribution in [3.8, 4) is 11.8 Å². The molecule has 0 saturated carbocycles. The van der Waals surface area contributed by atoms with Crippen LogP contribution >= 0.6 is 11.6 Å². The molecule has 2 aromatic rings. The molecule has 1 aromatic heterocycles. The van der Waals surface area contributed by atoms with Crippen molar-refractivity contribution in [2.45, 2.75) is 12.8 Å². The van der Waals surface area contributed by atoms with Gasteiger partial charge in [0.25, 0.3) is 0 Å². The van der Waals surface area contributed by atoms with Crippen LogP contribution in [0.3, 0.4) is 0 Å². The molecule has 0 unspecified atom stereocenters. The smallest absolute Gasteiger partial charge is 0.223 e. The molecule has 0 spiro atoms. The third kappa shape index (κ3) is 2.60. The summed E-state index contributed by atoms with van der Waals surface area (Å²) in [6.45, 7) is 0. The summed E-state index contributed by atoms with van der Waals surface area (Å²) < 4.78 is 1.66. The predicted octanol–water partition coefficient (Wildman–Crippen LogP) is 1.89. The van der Waals surface area contributed by atoms with Gasteiger partial charge in [-0.25, -0.2) is 4.98 Å². The Bertz CT molecular complexity index is 850. The SMILES string of the molecule is CNC(=O)[C@H]1CC(=O)c2c(ncn2-c2ccc(C#N)c(Cl)c2)C1. The van der Waals surface area contributed by atoms with E-state index in [1.807, 2.05) is 6.07 Å². The van der Waals surface area contributed by atoms with E-state index in [-0.39, 0.29) is 24.0 Å². The Morgan fingerprint density at radius 1 is 1.48 bits per heavy atom. The molecule has 0 saturated heterocycles. The van der Waals surface area contributed by atoms with Gasteiger partial charge >= 0.3 is 0 Å². The average molecular weight is 329 g/mol. The molecule has 116 valence electrons. The first kappa shape index (κ1) is 15.3. The molecule has 6 nitrogen and oxygen atoms in total. The lowest BCUT2D eigenvalue weighted by Gasteiger charge is -2.20. The van der Waals surface area contributed by atoms with E-state index in [0.717, 1.165) is 0 Å². The van der Waals surface area contributed by atoms with E-state index in [1.54, 1.807) is 36.1 Å². The van der Waals surface area contributed by atoms with Crippen molar-refractivity contribution in [3.63, 3.8) is 0 Å². The number of benzene rings is 1. The highest BCUT2D eigenvalue weighted by molar-refractivity contribution is 6.31. The largest absolute Gasteiger partial charge is 0.359 e. The second kappa shape index (κ2) is 5.86. The standard InChI is InChI=1S/C16H13ClN4O2/c1-19-16(23)10-4-13-15(14(22)5-10)21(8-20-13)11-3-2-9(7-18)12(17)6-11/h2-3,6,8,10H,4-5H2,1H3,(H,19,23)/t10-/m1/s1. The topological polar surface area (TPSA) is 87.8 Å². The molecule has 3 rings (SSSR count). The van der Waals surface area contributed by atoms with E-state index in [9.17, 15) is 9.59 Å². The number of nitrogens with zero attached hydrogens (tertiary/aromatic N) is 3. The molecule has 1 aliphatic carbocycles. The number of fused-ring (bicyclic) bond motifs is 1. The Balaban J connectivity index is 2.01. The van der Waals surface area contributed by atoms with Crippen LogP contribution in [0.15, 0.2) is 24.5 Å². The van der Waals surface area contributed by atoms with Gasteiger partial charge in [0.15, 0.2) is 5.78 Å². The number of imidazole rings is 1. The van der Waals surface area contributed by atoms with Crippen LogP contribution in [0.2, 0.25) is 5.02 Å². The Morgan fingerprint density at radius 3 is 2.91 bits per heavy atom. The first-order valence-electron chi connectivity index (χ1n) is 7.06. The number of aromatic nitrogens is 2. The summed E-state index contributed by atoms with van der Waals surface area (Å²) >= 11 is 6.06. The Kier molecular flexibility index (Phi) is 3.89. The third-order valence-electron chi connectivity index (χ3n) is 3.95. The second-order valence-electron chi connectivity index (χ2n) is 5.33. The molecular weight excluding hydrogens is 316 g/mol. The van der Waals surface area contributed by atoms with Gasteiger partial charge in [0.1, 0.15) is 18.1 Å². The van der Waals surface area contributed by atoms with Crippen molar-refractivity contribution < 1.29 is 9.59 Å². The van der Waals surface area contributed by atoms with E-state index in [2.05, 4.69) is 10.3 Å². The molecular formula is C16H13ClN4O2. The van der Waals surface area contributed by atoms with Crippen LogP contribution in [0.25, 0.3) is 5.69 Å². The van der Waals surface area contributed by atoms with Gasteiger partial charge in [0.2, 0.25) is 5.91 Å². The maximum atomic E-state index is 12.5. The normalized spacial score (nSPS) is 16.6. The molecule has 1 heterocycles. The molecule has 1 N–H and O–H groups in total. The minimum Gasteiger partial charge on any atom is -0.359 e. The highest BCUT2D eigenvalue weighted by atomic mass is 35.5. The summed E-state index contributed by atoms with van der Waals surface area (Å²) in [6, 6.07) is 6.94. The van der Waals surface area contributed by atoms with Gasteiger partial charge in [-0.1, -0.05) is 11.6 Å². The highest BCUT2D eigenvalue weighted by Gasteiger charge is 2.33. The molecule has 23 heavy (non-hydrogen) atoms. The number of amides is 1. The molecule has 0 bridgehead atoms. The minimum absolute atomic E-state index is 0.127. The lowest BCUT2D eigenvalue weighted by Crippen LogP contribution is -2.34. The summed E-state index contributed by atoms with van der Waals surface area (Å²) in [5, 5.41) is 11.8. The molecule has 1 aliphatic rings. The van der Waals surface area contributed by atoms with Crippen LogP contribution in [-0.4, -0.2) is 28.3 Å². The van der Waals surface area contributed by atoms with Gasteiger partial charge in [-0.15, -0.1) is 0 Å². The van der Waals surface area contributed by atoms with Crippen molar-refractivity contribution in [1.82, 2.24) is 14.9 Å². The zero-order valence-corrected chi connectivity index (χ0v) is 13.1. The summed E-state index contributed by atoms with van der Waals surface area (Å²) in [5.41, 5.74) is 2.12. The second-order valence-corrected chi connectivity index (χ2v) is 5.74. The molecule has 1 aromatic carbocycles. The first-order chi connectivity index (χ1) is 11.0. The lowest BCUT2D eigenvalue weighted by atomic mass is 9.88.